The van der Waals surface area contributed by atoms with Gasteiger partial charge in [-0.15, -0.1) is 0 Å². The Morgan fingerprint density at radius 3 is 2.59 bits per heavy atom. The Hall–Kier alpha value is -4.66. The van der Waals surface area contributed by atoms with Crippen molar-refractivity contribution in [3.05, 3.63) is 81.0 Å². The number of nitro groups is 1. The number of rotatable bonds is 5. The summed E-state index contributed by atoms with van der Waals surface area (Å²) in [4.78, 5) is 37.6. The first-order valence-electron chi connectivity index (χ1n) is 13.5. The topological polar surface area (TPSA) is 114 Å². The standard InChI is InChI=1S/C32H31NO8/c1-19-7-4-9-20(2)13-22(14-21(17-34)10-5-8-19)41-32(35)25-16-28-31(40-18-39-28)30-23-11-6-12-27(38-3)24(23)15-26(29(25)30)33(36)37/h6,8-9,11-12,14-17,22H,4-5,7,10,13,18H2,1-3H3/b19-8-,20-9-,21-14?/t22-/m1/s1. The molecule has 0 aromatic heterocycles. The lowest BCUT2D eigenvalue weighted by atomic mass is 9.94. The van der Waals surface area contributed by atoms with Crippen LogP contribution in [-0.2, 0) is 9.53 Å². The molecule has 0 spiro atoms. The van der Waals surface area contributed by atoms with Gasteiger partial charge in [-0.1, -0.05) is 35.4 Å². The van der Waals surface area contributed by atoms with E-state index in [9.17, 15) is 19.7 Å². The van der Waals surface area contributed by atoms with Gasteiger partial charge in [-0.3, -0.25) is 14.9 Å². The quantitative estimate of drug-likeness (QED) is 0.0812. The van der Waals surface area contributed by atoms with Crippen LogP contribution in [0.2, 0.25) is 0 Å². The lowest BCUT2D eigenvalue weighted by Gasteiger charge is -2.18. The molecule has 9 heteroatoms. The molecule has 0 unspecified atom stereocenters. The van der Waals surface area contributed by atoms with Crippen LogP contribution in [0.4, 0.5) is 5.69 Å². The maximum Gasteiger partial charge on any atom is 0.339 e. The summed E-state index contributed by atoms with van der Waals surface area (Å²) in [7, 11) is 1.49. The number of ether oxygens (including phenoxy) is 4. The summed E-state index contributed by atoms with van der Waals surface area (Å²) >= 11 is 0. The van der Waals surface area contributed by atoms with Crippen LogP contribution < -0.4 is 14.2 Å². The molecule has 1 atom stereocenters. The van der Waals surface area contributed by atoms with Gasteiger partial charge in [0.2, 0.25) is 6.79 Å². The van der Waals surface area contributed by atoms with Gasteiger partial charge < -0.3 is 18.9 Å². The Bertz CT molecular complexity index is 1650. The average molecular weight is 558 g/mol. The number of hydrogen-bond acceptors (Lipinski definition) is 8. The summed E-state index contributed by atoms with van der Waals surface area (Å²) in [5.41, 5.74) is 2.50. The molecule has 1 aliphatic carbocycles. The minimum atomic E-state index is -0.763. The number of esters is 1. The van der Waals surface area contributed by atoms with Crippen LogP contribution in [0.1, 0.15) is 56.3 Å². The molecule has 3 aromatic rings. The molecule has 0 saturated carbocycles. The van der Waals surface area contributed by atoms with Crippen molar-refractivity contribution in [2.45, 2.75) is 52.1 Å². The number of nitro benzene ring substituents is 1. The highest BCUT2D eigenvalue weighted by Crippen LogP contribution is 2.49. The largest absolute Gasteiger partial charge is 0.496 e. The molecule has 0 radical (unpaired) electrons. The number of carbonyl (C=O) groups is 2. The third-order valence-electron chi connectivity index (χ3n) is 7.46. The van der Waals surface area contributed by atoms with Crippen molar-refractivity contribution >= 4 is 39.5 Å². The zero-order valence-corrected chi connectivity index (χ0v) is 23.2. The fraction of sp³-hybridized carbons (Fsp3) is 0.312. The first-order chi connectivity index (χ1) is 19.8. The van der Waals surface area contributed by atoms with E-state index in [0.29, 0.717) is 52.5 Å². The van der Waals surface area contributed by atoms with Crippen molar-refractivity contribution in [3.8, 4) is 17.2 Å². The predicted molar refractivity (Wildman–Crippen MR) is 155 cm³/mol. The SMILES string of the molecule is COc1cccc2c1cc([N+](=O)[O-])c1c(C(=O)O[C@H]3C=C(C=O)CC/C=C(/C)CC/C=C(/C)C3)cc3c(c12)OCO3. The van der Waals surface area contributed by atoms with Gasteiger partial charge in [0.1, 0.15) is 18.1 Å². The molecule has 3 aromatic carbocycles. The van der Waals surface area contributed by atoms with E-state index in [-0.39, 0.29) is 29.2 Å². The number of benzene rings is 3. The van der Waals surface area contributed by atoms with Crippen molar-refractivity contribution in [3.63, 3.8) is 0 Å². The Morgan fingerprint density at radius 1 is 1.05 bits per heavy atom. The molecule has 1 aliphatic heterocycles. The van der Waals surface area contributed by atoms with Crippen LogP contribution >= 0.6 is 0 Å². The Labute approximate surface area is 237 Å². The van der Waals surface area contributed by atoms with Gasteiger partial charge in [-0.05, 0) is 68.7 Å². The van der Waals surface area contributed by atoms with E-state index in [2.05, 4.69) is 19.1 Å². The van der Waals surface area contributed by atoms with E-state index in [4.69, 9.17) is 18.9 Å². The van der Waals surface area contributed by atoms with Crippen molar-refractivity contribution in [2.24, 2.45) is 0 Å². The first kappa shape index (κ1) is 27.9. The molecule has 212 valence electrons. The van der Waals surface area contributed by atoms with Crippen LogP contribution in [0, 0.1) is 10.1 Å². The number of non-ortho nitro benzene ring substituents is 1. The van der Waals surface area contributed by atoms with E-state index >= 15 is 0 Å². The number of aldehydes is 1. The number of methoxy groups -OCH3 is 1. The monoisotopic (exact) mass is 557 g/mol. The smallest absolute Gasteiger partial charge is 0.339 e. The second kappa shape index (κ2) is 11.8. The van der Waals surface area contributed by atoms with Crippen molar-refractivity contribution in [2.75, 3.05) is 13.9 Å². The van der Waals surface area contributed by atoms with Crippen LogP contribution in [0.15, 0.2) is 65.3 Å². The highest BCUT2D eigenvalue weighted by molar-refractivity contribution is 6.22. The van der Waals surface area contributed by atoms with Crippen LogP contribution in [0.3, 0.4) is 0 Å². The molecular formula is C32H31NO8. The summed E-state index contributed by atoms with van der Waals surface area (Å²) in [6, 6.07) is 8.10. The molecule has 0 N–H and O–H groups in total. The van der Waals surface area contributed by atoms with Gasteiger partial charge in [0, 0.05) is 23.3 Å². The molecule has 2 aliphatic rings. The Morgan fingerprint density at radius 2 is 1.83 bits per heavy atom. The normalized spacial score (nSPS) is 20.1. The summed E-state index contributed by atoms with van der Waals surface area (Å²) < 4.78 is 22.8. The molecular weight excluding hydrogens is 526 g/mol. The Balaban J connectivity index is 1.66. The van der Waals surface area contributed by atoms with Gasteiger partial charge in [-0.2, -0.15) is 0 Å². The molecule has 0 saturated heterocycles. The van der Waals surface area contributed by atoms with E-state index in [1.165, 1.54) is 24.8 Å². The highest BCUT2D eigenvalue weighted by atomic mass is 16.7. The lowest BCUT2D eigenvalue weighted by molar-refractivity contribution is -0.383. The van der Waals surface area contributed by atoms with Gasteiger partial charge in [0.15, 0.2) is 11.5 Å². The predicted octanol–water partition coefficient (Wildman–Crippen LogP) is 7.15. The van der Waals surface area contributed by atoms with Gasteiger partial charge in [0.25, 0.3) is 5.69 Å². The zero-order valence-electron chi connectivity index (χ0n) is 23.2. The van der Waals surface area contributed by atoms with Gasteiger partial charge >= 0.3 is 5.97 Å². The zero-order chi connectivity index (χ0) is 29.1. The van der Waals surface area contributed by atoms with Gasteiger partial charge in [0.05, 0.1) is 23.0 Å². The molecule has 5 rings (SSSR count). The van der Waals surface area contributed by atoms with Crippen LogP contribution in [0.25, 0.3) is 21.5 Å². The Kier molecular flexibility index (Phi) is 8.05. The molecule has 9 nitrogen and oxygen atoms in total. The fourth-order valence-corrected chi connectivity index (χ4v) is 5.46. The van der Waals surface area contributed by atoms with E-state index in [1.807, 2.05) is 6.92 Å². The highest BCUT2D eigenvalue weighted by Gasteiger charge is 2.31. The minimum Gasteiger partial charge on any atom is -0.496 e. The van der Waals surface area contributed by atoms with E-state index in [1.54, 1.807) is 24.3 Å². The summed E-state index contributed by atoms with van der Waals surface area (Å²) in [5.74, 6) is 0.283. The van der Waals surface area contributed by atoms with Crippen molar-refractivity contribution in [1.82, 2.24) is 0 Å². The summed E-state index contributed by atoms with van der Waals surface area (Å²) in [6.45, 7) is 3.95. The van der Waals surface area contributed by atoms with Crippen LogP contribution in [0.5, 0.6) is 17.2 Å². The third-order valence-corrected chi connectivity index (χ3v) is 7.46. The number of fused-ring (bicyclic) bond motifs is 5. The number of hydrogen-bond donors (Lipinski definition) is 0. The second-order valence-electron chi connectivity index (χ2n) is 10.3. The van der Waals surface area contributed by atoms with Gasteiger partial charge in [-0.25, -0.2) is 4.79 Å². The molecule has 41 heavy (non-hydrogen) atoms. The minimum absolute atomic E-state index is 0.0203. The van der Waals surface area contributed by atoms with Crippen molar-refractivity contribution < 1.29 is 33.5 Å². The second-order valence-corrected chi connectivity index (χ2v) is 10.3. The summed E-state index contributed by atoms with van der Waals surface area (Å²) in [5, 5.41) is 13.9. The number of nitrogens with zero attached hydrogens (tertiary/aromatic N) is 1. The maximum absolute atomic E-state index is 13.9. The molecule has 1 heterocycles. The first-order valence-corrected chi connectivity index (χ1v) is 13.5. The molecule has 0 amide bonds. The number of carbonyl (C=O) groups excluding carboxylic acids is 2. The van der Waals surface area contributed by atoms with Crippen molar-refractivity contribution in [1.29, 1.82) is 0 Å². The average Bonchev–Trinajstić information content (AvgIpc) is 3.43. The third kappa shape index (κ3) is 5.66. The molecule has 0 fully saturated rings. The van der Waals surface area contributed by atoms with E-state index < -0.39 is 17.0 Å². The summed E-state index contributed by atoms with van der Waals surface area (Å²) in [6.07, 6.45) is 9.32. The van der Waals surface area contributed by atoms with Crippen LogP contribution in [-0.4, -0.2) is 37.2 Å². The van der Waals surface area contributed by atoms with E-state index in [0.717, 1.165) is 24.7 Å². The fourth-order valence-electron chi connectivity index (χ4n) is 5.46. The lowest BCUT2D eigenvalue weighted by Crippen LogP contribution is -2.18. The maximum atomic E-state index is 13.9. The molecule has 0 bridgehead atoms. The number of allylic oxidation sites excluding steroid dienone is 4.